The molecule has 2 aromatic rings. The molecule has 0 fully saturated rings. The summed E-state index contributed by atoms with van der Waals surface area (Å²) in [5.41, 5.74) is 5.09. The lowest BCUT2D eigenvalue weighted by Crippen LogP contribution is -2.35. The SMILES string of the molecule is O=C1NC2=CC(=NC(=O)c3ccc4[nH]ccc4c3)C=CC2C2=C1CCC2. The molecule has 2 N–H and O–H groups in total. The molecule has 5 heteroatoms. The van der Waals surface area contributed by atoms with Crippen molar-refractivity contribution in [3.63, 3.8) is 0 Å². The van der Waals surface area contributed by atoms with Crippen LogP contribution in [0.25, 0.3) is 10.9 Å². The van der Waals surface area contributed by atoms with Gasteiger partial charge >= 0.3 is 0 Å². The Balaban J connectivity index is 1.45. The molecular formula is C21H17N3O2. The maximum Gasteiger partial charge on any atom is 0.277 e. The summed E-state index contributed by atoms with van der Waals surface area (Å²) in [5, 5.41) is 3.95. The van der Waals surface area contributed by atoms with E-state index in [1.54, 1.807) is 6.07 Å². The van der Waals surface area contributed by atoms with E-state index in [0.717, 1.165) is 41.4 Å². The Labute approximate surface area is 150 Å². The quantitative estimate of drug-likeness (QED) is 0.832. The Hall–Kier alpha value is -3.21. The molecule has 2 amide bonds. The van der Waals surface area contributed by atoms with Crippen LogP contribution in [0.15, 0.2) is 70.5 Å². The average Bonchev–Trinajstić information content (AvgIpc) is 3.30. The second-order valence-electron chi connectivity index (χ2n) is 6.87. The Morgan fingerprint density at radius 3 is 3.04 bits per heavy atom. The standard InChI is InChI=1S/C21H17N3O2/c25-20(13-4-7-18-12(10-13)8-9-22-18)23-14-5-6-16-15-2-1-3-17(15)21(26)24-19(16)11-14/h4-11,16,22H,1-3H2,(H,24,26). The van der Waals surface area contributed by atoms with Crippen LogP contribution in [0.2, 0.25) is 0 Å². The number of aliphatic imine (C=N–C) groups is 1. The topological polar surface area (TPSA) is 74.3 Å². The van der Waals surface area contributed by atoms with E-state index in [4.69, 9.17) is 0 Å². The number of nitrogens with one attached hydrogen (secondary N) is 2. The zero-order chi connectivity index (χ0) is 17.7. The molecule has 0 saturated heterocycles. The fourth-order valence-electron chi connectivity index (χ4n) is 4.03. The van der Waals surface area contributed by atoms with Gasteiger partial charge in [-0.1, -0.05) is 6.08 Å². The summed E-state index contributed by atoms with van der Waals surface area (Å²) in [4.78, 5) is 32.1. The van der Waals surface area contributed by atoms with E-state index in [9.17, 15) is 9.59 Å². The average molecular weight is 343 g/mol. The van der Waals surface area contributed by atoms with Crippen LogP contribution < -0.4 is 5.32 Å². The summed E-state index contributed by atoms with van der Waals surface area (Å²) < 4.78 is 0. The zero-order valence-corrected chi connectivity index (χ0v) is 14.1. The minimum absolute atomic E-state index is 0.00103. The third-order valence-electron chi connectivity index (χ3n) is 5.30. The Morgan fingerprint density at radius 2 is 2.12 bits per heavy atom. The van der Waals surface area contributed by atoms with Crippen LogP contribution in [0.5, 0.6) is 0 Å². The monoisotopic (exact) mass is 343 g/mol. The van der Waals surface area contributed by atoms with E-state index in [-0.39, 0.29) is 17.7 Å². The van der Waals surface area contributed by atoms with Crippen molar-refractivity contribution < 1.29 is 9.59 Å². The molecule has 0 saturated carbocycles. The van der Waals surface area contributed by atoms with Crippen molar-refractivity contribution in [3.8, 4) is 0 Å². The molecule has 1 atom stereocenters. The number of rotatable bonds is 1. The first-order valence-electron chi connectivity index (χ1n) is 8.82. The van der Waals surface area contributed by atoms with Gasteiger partial charge in [-0.2, -0.15) is 0 Å². The smallest absolute Gasteiger partial charge is 0.277 e. The van der Waals surface area contributed by atoms with Crippen molar-refractivity contribution in [2.75, 3.05) is 0 Å². The van der Waals surface area contributed by atoms with Crippen LogP contribution in [0, 0.1) is 5.92 Å². The van der Waals surface area contributed by atoms with Gasteiger partial charge in [0.05, 0.1) is 5.71 Å². The molecule has 0 radical (unpaired) electrons. The maximum absolute atomic E-state index is 12.5. The molecule has 26 heavy (non-hydrogen) atoms. The molecule has 1 aromatic carbocycles. The predicted molar refractivity (Wildman–Crippen MR) is 99.8 cm³/mol. The third kappa shape index (κ3) is 2.36. The molecule has 2 heterocycles. The number of carbonyl (C=O) groups is 2. The van der Waals surface area contributed by atoms with Crippen LogP contribution in [-0.4, -0.2) is 22.5 Å². The second kappa shape index (κ2) is 5.66. The lowest BCUT2D eigenvalue weighted by atomic mass is 9.85. The third-order valence-corrected chi connectivity index (χ3v) is 5.30. The van der Waals surface area contributed by atoms with E-state index in [2.05, 4.69) is 15.3 Å². The van der Waals surface area contributed by atoms with Crippen LogP contribution >= 0.6 is 0 Å². The summed E-state index contributed by atoms with van der Waals surface area (Å²) >= 11 is 0. The second-order valence-corrected chi connectivity index (χ2v) is 6.87. The Morgan fingerprint density at radius 1 is 1.19 bits per heavy atom. The van der Waals surface area contributed by atoms with E-state index in [1.165, 1.54) is 5.57 Å². The number of fused-ring (bicyclic) bond motifs is 3. The number of nitrogens with zero attached hydrogens (tertiary/aromatic N) is 1. The van der Waals surface area contributed by atoms with Gasteiger partial charge in [0.1, 0.15) is 0 Å². The van der Waals surface area contributed by atoms with Crippen LogP contribution in [0.1, 0.15) is 29.6 Å². The minimum atomic E-state index is -0.286. The van der Waals surface area contributed by atoms with Gasteiger partial charge in [0, 0.05) is 39.9 Å². The molecule has 0 bridgehead atoms. The highest BCUT2D eigenvalue weighted by Gasteiger charge is 2.34. The largest absolute Gasteiger partial charge is 0.361 e. The number of benzene rings is 1. The Kier molecular flexibility index (Phi) is 3.28. The molecule has 5 rings (SSSR count). The normalized spacial score (nSPS) is 23.1. The molecule has 128 valence electrons. The molecule has 0 spiro atoms. The van der Waals surface area contributed by atoms with Crippen LogP contribution in [0.3, 0.4) is 0 Å². The molecular weight excluding hydrogens is 326 g/mol. The highest BCUT2D eigenvalue weighted by molar-refractivity contribution is 6.14. The van der Waals surface area contributed by atoms with Gasteiger partial charge < -0.3 is 10.3 Å². The van der Waals surface area contributed by atoms with Gasteiger partial charge in [-0.15, -0.1) is 0 Å². The lowest BCUT2D eigenvalue weighted by molar-refractivity contribution is -0.117. The number of allylic oxidation sites excluding steroid dienone is 3. The van der Waals surface area contributed by atoms with E-state index in [0.29, 0.717) is 11.3 Å². The van der Waals surface area contributed by atoms with Crippen molar-refractivity contribution >= 4 is 28.4 Å². The zero-order valence-electron chi connectivity index (χ0n) is 14.1. The van der Waals surface area contributed by atoms with Gasteiger partial charge in [-0.3, -0.25) is 9.59 Å². The number of hydrogen-bond acceptors (Lipinski definition) is 2. The molecule has 1 aromatic heterocycles. The number of aromatic amines is 1. The highest BCUT2D eigenvalue weighted by atomic mass is 16.2. The van der Waals surface area contributed by atoms with Gasteiger partial charge in [0.25, 0.3) is 11.8 Å². The van der Waals surface area contributed by atoms with Crippen molar-refractivity contribution in [3.05, 3.63) is 71.1 Å². The fraction of sp³-hybridized carbons (Fsp3) is 0.190. The minimum Gasteiger partial charge on any atom is -0.361 e. The van der Waals surface area contributed by atoms with Gasteiger partial charge in [-0.05, 0) is 61.3 Å². The number of hydrogen-bond donors (Lipinski definition) is 2. The number of carbonyl (C=O) groups excluding carboxylic acids is 2. The molecule has 3 aliphatic rings. The van der Waals surface area contributed by atoms with Crippen LogP contribution in [0.4, 0.5) is 0 Å². The summed E-state index contributed by atoms with van der Waals surface area (Å²) in [5.74, 6) is -0.166. The summed E-state index contributed by atoms with van der Waals surface area (Å²) in [6.45, 7) is 0. The number of amides is 2. The first kappa shape index (κ1) is 15.1. The van der Waals surface area contributed by atoms with Gasteiger partial charge in [-0.25, -0.2) is 4.99 Å². The fourth-order valence-corrected chi connectivity index (χ4v) is 4.03. The number of H-pyrrole nitrogens is 1. The van der Waals surface area contributed by atoms with Gasteiger partial charge in [0.15, 0.2) is 0 Å². The van der Waals surface area contributed by atoms with E-state index in [1.807, 2.05) is 42.6 Å². The predicted octanol–water partition coefficient (Wildman–Crippen LogP) is 3.43. The summed E-state index contributed by atoms with van der Waals surface area (Å²) in [6, 6.07) is 7.41. The number of aromatic nitrogens is 1. The van der Waals surface area contributed by atoms with E-state index < -0.39 is 0 Å². The van der Waals surface area contributed by atoms with Crippen molar-refractivity contribution in [2.24, 2.45) is 10.9 Å². The first-order chi connectivity index (χ1) is 12.7. The van der Waals surface area contributed by atoms with Crippen molar-refractivity contribution in [1.82, 2.24) is 10.3 Å². The molecule has 1 aliphatic heterocycles. The summed E-state index contributed by atoms with van der Waals surface area (Å²) in [6.07, 6.45) is 10.4. The summed E-state index contributed by atoms with van der Waals surface area (Å²) in [7, 11) is 0. The van der Waals surface area contributed by atoms with Crippen molar-refractivity contribution in [2.45, 2.75) is 19.3 Å². The van der Waals surface area contributed by atoms with Gasteiger partial charge in [0.2, 0.25) is 0 Å². The first-order valence-corrected chi connectivity index (χ1v) is 8.82. The molecule has 1 unspecified atom stereocenters. The Bertz CT molecular complexity index is 1080. The van der Waals surface area contributed by atoms with Crippen LogP contribution in [-0.2, 0) is 4.79 Å². The van der Waals surface area contributed by atoms with Crippen molar-refractivity contribution in [1.29, 1.82) is 0 Å². The maximum atomic E-state index is 12.5. The molecule has 2 aliphatic carbocycles. The lowest BCUT2D eigenvalue weighted by Gasteiger charge is -2.28. The molecule has 5 nitrogen and oxygen atoms in total. The van der Waals surface area contributed by atoms with E-state index >= 15 is 0 Å². The highest BCUT2D eigenvalue weighted by Crippen LogP contribution is 2.39.